The van der Waals surface area contributed by atoms with Crippen molar-refractivity contribution >= 4 is 23.0 Å². The number of nitrogens with zero attached hydrogens (tertiary/aromatic N) is 1. The van der Waals surface area contributed by atoms with Crippen molar-refractivity contribution < 1.29 is 4.79 Å². The first-order chi connectivity index (χ1) is 12.0. The number of rotatable bonds is 7. The van der Waals surface area contributed by atoms with Crippen molar-refractivity contribution in [2.24, 2.45) is 0 Å². The first-order valence-corrected chi connectivity index (χ1v) is 8.91. The van der Waals surface area contributed by atoms with Crippen molar-refractivity contribution in [3.63, 3.8) is 0 Å². The molecule has 0 unspecified atom stereocenters. The molecule has 0 radical (unpaired) electrons. The third-order valence-electron chi connectivity index (χ3n) is 4.52. The zero-order valence-electron chi connectivity index (χ0n) is 15.9. The molecule has 25 heavy (non-hydrogen) atoms. The predicted molar refractivity (Wildman–Crippen MR) is 108 cm³/mol. The monoisotopic (exact) mass is 339 g/mol. The van der Waals surface area contributed by atoms with Crippen LogP contribution in [0.2, 0.25) is 0 Å². The summed E-state index contributed by atoms with van der Waals surface area (Å²) in [6, 6.07) is 12.3. The maximum absolute atomic E-state index is 12.3. The molecular weight excluding hydrogens is 310 g/mol. The van der Waals surface area contributed by atoms with E-state index in [1.165, 1.54) is 5.69 Å². The van der Waals surface area contributed by atoms with Gasteiger partial charge >= 0.3 is 0 Å². The largest absolute Gasteiger partial charge is 0.376 e. The fraction of sp³-hybridized carbons (Fsp3) is 0.381. The van der Waals surface area contributed by atoms with Gasteiger partial charge in [-0.3, -0.25) is 4.79 Å². The molecule has 0 aromatic heterocycles. The van der Waals surface area contributed by atoms with Gasteiger partial charge in [0.2, 0.25) is 5.91 Å². The van der Waals surface area contributed by atoms with Crippen molar-refractivity contribution in [2.75, 3.05) is 35.2 Å². The highest BCUT2D eigenvalue weighted by Gasteiger charge is 2.09. The maximum atomic E-state index is 12.3. The third kappa shape index (κ3) is 4.75. The van der Waals surface area contributed by atoms with Gasteiger partial charge in [0.25, 0.3) is 0 Å². The highest BCUT2D eigenvalue weighted by atomic mass is 16.1. The Labute approximate surface area is 151 Å². The molecule has 4 nitrogen and oxygen atoms in total. The molecule has 134 valence electrons. The Morgan fingerprint density at radius 2 is 1.60 bits per heavy atom. The average Bonchev–Trinajstić information content (AvgIpc) is 2.58. The van der Waals surface area contributed by atoms with Crippen LogP contribution in [-0.4, -0.2) is 25.5 Å². The topological polar surface area (TPSA) is 44.4 Å². The highest BCUT2D eigenvalue weighted by Crippen LogP contribution is 2.23. The van der Waals surface area contributed by atoms with E-state index in [4.69, 9.17) is 0 Å². The summed E-state index contributed by atoms with van der Waals surface area (Å²) in [7, 11) is 0. The van der Waals surface area contributed by atoms with Gasteiger partial charge in [0, 0.05) is 30.2 Å². The van der Waals surface area contributed by atoms with E-state index in [1.54, 1.807) is 0 Å². The number of aryl methyl sites for hydroxylation is 3. The number of hydrogen-bond acceptors (Lipinski definition) is 3. The smallest absolute Gasteiger partial charge is 0.243 e. The van der Waals surface area contributed by atoms with E-state index in [0.29, 0.717) is 0 Å². The van der Waals surface area contributed by atoms with Crippen molar-refractivity contribution in [1.29, 1.82) is 0 Å². The van der Waals surface area contributed by atoms with Gasteiger partial charge in [-0.25, -0.2) is 0 Å². The van der Waals surface area contributed by atoms with E-state index in [9.17, 15) is 4.79 Å². The Morgan fingerprint density at radius 1 is 0.960 bits per heavy atom. The Bertz CT molecular complexity index is 716. The molecule has 2 aromatic rings. The molecule has 0 saturated heterocycles. The van der Waals surface area contributed by atoms with Gasteiger partial charge in [0.05, 0.1) is 6.54 Å². The van der Waals surface area contributed by atoms with E-state index in [-0.39, 0.29) is 12.5 Å². The lowest BCUT2D eigenvalue weighted by molar-refractivity contribution is -0.114. The maximum Gasteiger partial charge on any atom is 0.243 e. The number of anilines is 3. The third-order valence-corrected chi connectivity index (χ3v) is 4.52. The van der Waals surface area contributed by atoms with Gasteiger partial charge in [-0.2, -0.15) is 0 Å². The van der Waals surface area contributed by atoms with Crippen LogP contribution < -0.4 is 15.5 Å². The summed E-state index contributed by atoms with van der Waals surface area (Å²) in [5, 5.41) is 6.25. The summed E-state index contributed by atoms with van der Waals surface area (Å²) >= 11 is 0. The first-order valence-electron chi connectivity index (χ1n) is 8.91. The number of hydrogen-bond donors (Lipinski definition) is 2. The summed E-state index contributed by atoms with van der Waals surface area (Å²) in [4.78, 5) is 14.6. The van der Waals surface area contributed by atoms with Crippen molar-refractivity contribution in [3.8, 4) is 0 Å². The Kier molecular flexibility index (Phi) is 6.45. The van der Waals surface area contributed by atoms with Crippen LogP contribution in [0.4, 0.5) is 17.1 Å². The quantitative estimate of drug-likeness (QED) is 0.780. The SMILES string of the molecule is CCN(CC)c1ccc(NCC(=O)Nc2c(C)cccc2C)c(C)c1. The number of carbonyl (C=O) groups is 1. The van der Waals surface area contributed by atoms with Gasteiger partial charge in [-0.05, 0) is 69.5 Å². The molecule has 2 N–H and O–H groups in total. The fourth-order valence-electron chi connectivity index (χ4n) is 3.00. The minimum absolute atomic E-state index is 0.0374. The van der Waals surface area contributed by atoms with Crippen LogP contribution in [0, 0.1) is 20.8 Å². The van der Waals surface area contributed by atoms with Crippen LogP contribution >= 0.6 is 0 Å². The second-order valence-corrected chi connectivity index (χ2v) is 6.34. The number of benzene rings is 2. The number of nitrogens with one attached hydrogen (secondary N) is 2. The van der Waals surface area contributed by atoms with E-state index in [1.807, 2.05) is 32.0 Å². The van der Waals surface area contributed by atoms with Crippen LogP contribution in [-0.2, 0) is 4.79 Å². The summed E-state index contributed by atoms with van der Waals surface area (Å²) in [6.45, 7) is 12.6. The molecule has 0 atom stereocenters. The average molecular weight is 339 g/mol. The molecule has 0 aliphatic rings. The lowest BCUT2D eigenvalue weighted by atomic mass is 10.1. The molecule has 4 heteroatoms. The van der Waals surface area contributed by atoms with E-state index in [0.717, 1.165) is 41.2 Å². The molecule has 1 amide bonds. The van der Waals surface area contributed by atoms with Crippen LogP contribution in [0.1, 0.15) is 30.5 Å². The zero-order chi connectivity index (χ0) is 18.4. The van der Waals surface area contributed by atoms with Gasteiger partial charge in [0.15, 0.2) is 0 Å². The molecule has 2 rings (SSSR count). The zero-order valence-corrected chi connectivity index (χ0v) is 15.9. The first kappa shape index (κ1) is 18.8. The fourth-order valence-corrected chi connectivity index (χ4v) is 3.00. The van der Waals surface area contributed by atoms with Crippen LogP contribution in [0.3, 0.4) is 0 Å². The Balaban J connectivity index is 2.00. The van der Waals surface area contributed by atoms with E-state index in [2.05, 4.69) is 54.5 Å². The Hall–Kier alpha value is -2.49. The lowest BCUT2D eigenvalue weighted by Gasteiger charge is -2.22. The van der Waals surface area contributed by atoms with Gasteiger partial charge in [-0.1, -0.05) is 18.2 Å². The van der Waals surface area contributed by atoms with E-state index >= 15 is 0 Å². The van der Waals surface area contributed by atoms with Crippen LogP contribution in [0.5, 0.6) is 0 Å². The van der Waals surface area contributed by atoms with E-state index < -0.39 is 0 Å². The molecule has 0 aliphatic carbocycles. The molecule has 0 heterocycles. The standard InChI is InChI=1S/C21H29N3O/c1-6-24(7-2)18-11-12-19(17(5)13-18)22-14-20(25)23-21-15(3)9-8-10-16(21)4/h8-13,22H,6-7,14H2,1-5H3,(H,23,25). The van der Waals surface area contributed by atoms with Crippen LogP contribution in [0.15, 0.2) is 36.4 Å². The van der Waals surface area contributed by atoms with Crippen molar-refractivity contribution in [2.45, 2.75) is 34.6 Å². The molecule has 0 fully saturated rings. The molecular formula is C21H29N3O. The number of para-hydroxylation sites is 1. The minimum Gasteiger partial charge on any atom is -0.376 e. The second-order valence-electron chi connectivity index (χ2n) is 6.34. The molecule has 0 aliphatic heterocycles. The minimum atomic E-state index is -0.0374. The Morgan fingerprint density at radius 3 is 2.16 bits per heavy atom. The summed E-state index contributed by atoms with van der Waals surface area (Å²) in [6.07, 6.45) is 0. The van der Waals surface area contributed by atoms with Crippen molar-refractivity contribution in [1.82, 2.24) is 0 Å². The van der Waals surface area contributed by atoms with Crippen LogP contribution in [0.25, 0.3) is 0 Å². The van der Waals surface area contributed by atoms with Gasteiger partial charge < -0.3 is 15.5 Å². The highest BCUT2D eigenvalue weighted by molar-refractivity contribution is 5.95. The molecule has 0 saturated carbocycles. The van der Waals surface area contributed by atoms with Gasteiger partial charge in [-0.15, -0.1) is 0 Å². The summed E-state index contributed by atoms with van der Waals surface area (Å²) in [5.74, 6) is -0.0374. The summed E-state index contributed by atoms with van der Waals surface area (Å²) in [5.41, 5.74) is 6.41. The lowest BCUT2D eigenvalue weighted by Crippen LogP contribution is -2.23. The second kappa shape index (κ2) is 8.56. The predicted octanol–water partition coefficient (Wildman–Crippen LogP) is 4.51. The molecule has 2 aromatic carbocycles. The number of carbonyl (C=O) groups excluding carboxylic acids is 1. The summed E-state index contributed by atoms with van der Waals surface area (Å²) < 4.78 is 0. The normalized spacial score (nSPS) is 10.4. The van der Waals surface area contributed by atoms with Gasteiger partial charge in [0.1, 0.15) is 0 Å². The van der Waals surface area contributed by atoms with Crippen molar-refractivity contribution in [3.05, 3.63) is 53.1 Å². The molecule has 0 bridgehead atoms. The number of amides is 1. The molecule has 0 spiro atoms.